The van der Waals surface area contributed by atoms with Crippen LogP contribution in [0, 0.1) is 5.92 Å². The van der Waals surface area contributed by atoms with Gasteiger partial charge in [-0.3, -0.25) is 4.79 Å². The number of piperidine rings is 1. The Hall–Kier alpha value is -1.95. The van der Waals surface area contributed by atoms with Gasteiger partial charge in [0.05, 0.1) is 21.3 Å². The smallest absolute Gasteiger partial charge is 0.254 e. The number of carbonyl (C=O) groups is 1. The molecule has 122 valence electrons. The lowest BCUT2D eigenvalue weighted by Crippen LogP contribution is -2.48. The summed E-state index contributed by atoms with van der Waals surface area (Å²) in [6.45, 7) is 3.40. The normalized spacial score (nSPS) is 21.4. The highest BCUT2D eigenvalue weighted by atomic mass is 16.5. The minimum Gasteiger partial charge on any atom is -0.493 e. The van der Waals surface area contributed by atoms with E-state index in [2.05, 4.69) is 6.92 Å². The number of ether oxygens (including phenoxy) is 3. The number of likely N-dealkylation sites (tertiary alicyclic amines) is 1. The molecule has 0 radical (unpaired) electrons. The number of methoxy groups -OCH3 is 3. The molecular formula is C16H24N2O4. The van der Waals surface area contributed by atoms with E-state index in [-0.39, 0.29) is 11.9 Å². The Morgan fingerprint density at radius 1 is 1.18 bits per heavy atom. The van der Waals surface area contributed by atoms with Gasteiger partial charge in [0.1, 0.15) is 0 Å². The molecule has 0 bridgehead atoms. The minimum absolute atomic E-state index is 0.0435. The molecule has 0 aliphatic carbocycles. The minimum atomic E-state index is -0.0435. The lowest BCUT2D eigenvalue weighted by Gasteiger charge is -2.35. The summed E-state index contributed by atoms with van der Waals surface area (Å²) < 4.78 is 15.9. The molecule has 0 saturated carbocycles. The Labute approximate surface area is 131 Å². The van der Waals surface area contributed by atoms with E-state index in [1.54, 1.807) is 12.1 Å². The van der Waals surface area contributed by atoms with E-state index >= 15 is 0 Å². The third-order valence-corrected chi connectivity index (χ3v) is 4.17. The average Bonchev–Trinajstić information content (AvgIpc) is 2.55. The number of hydrogen-bond donors (Lipinski definition) is 1. The lowest BCUT2D eigenvalue weighted by atomic mass is 9.94. The van der Waals surface area contributed by atoms with Gasteiger partial charge < -0.3 is 24.8 Å². The van der Waals surface area contributed by atoms with Gasteiger partial charge in [-0.15, -0.1) is 0 Å². The third kappa shape index (κ3) is 3.11. The van der Waals surface area contributed by atoms with Crippen LogP contribution in [-0.2, 0) is 0 Å². The highest BCUT2D eigenvalue weighted by Crippen LogP contribution is 2.38. The zero-order chi connectivity index (χ0) is 16.3. The molecule has 1 heterocycles. The molecule has 1 amide bonds. The van der Waals surface area contributed by atoms with Crippen molar-refractivity contribution in [2.45, 2.75) is 19.4 Å². The summed E-state index contributed by atoms with van der Waals surface area (Å²) in [5.74, 6) is 1.69. The van der Waals surface area contributed by atoms with Crippen LogP contribution in [0.5, 0.6) is 17.2 Å². The van der Waals surface area contributed by atoms with E-state index in [1.807, 2.05) is 4.90 Å². The summed E-state index contributed by atoms with van der Waals surface area (Å²) in [6.07, 6.45) is 0.817. The van der Waals surface area contributed by atoms with E-state index in [9.17, 15) is 4.79 Å². The largest absolute Gasteiger partial charge is 0.493 e. The molecule has 2 unspecified atom stereocenters. The maximum Gasteiger partial charge on any atom is 0.254 e. The number of hydrogen-bond acceptors (Lipinski definition) is 5. The standard InChI is InChI=1S/C16H24N2O4/c1-10-9-18(6-5-12(10)17)16(19)11-7-13(20-2)15(22-4)14(8-11)21-3/h7-8,10,12H,5-6,9,17H2,1-4H3. The van der Waals surface area contributed by atoms with Gasteiger partial charge in [0.2, 0.25) is 5.75 Å². The number of carbonyl (C=O) groups excluding carboxylic acids is 1. The molecule has 1 fully saturated rings. The van der Waals surface area contributed by atoms with Gasteiger partial charge in [0.25, 0.3) is 5.91 Å². The number of amides is 1. The first-order valence-electron chi connectivity index (χ1n) is 7.36. The molecule has 1 aliphatic heterocycles. The van der Waals surface area contributed by atoms with E-state index < -0.39 is 0 Å². The van der Waals surface area contributed by atoms with E-state index in [1.165, 1.54) is 21.3 Å². The molecule has 1 saturated heterocycles. The molecule has 6 heteroatoms. The number of rotatable bonds is 4. The Bertz CT molecular complexity index is 522. The van der Waals surface area contributed by atoms with Crippen LogP contribution in [0.3, 0.4) is 0 Å². The molecular weight excluding hydrogens is 284 g/mol. The van der Waals surface area contributed by atoms with Crippen molar-refractivity contribution in [1.29, 1.82) is 0 Å². The summed E-state index contributed by atoms with van der Waals surface area (Å²) in [6, 6.07) is 3.52. The fraction of sp³-hybridized carbons (Fsp3) is 0.562. The first kappa shape index (κ1) is 16.4. The second-order valence-corrected chi connectivity index (χ2v) is 5.59. The highest BCUT2D eigenvalue weighted by molar-refractivity contribution is 5.95. The van der Waals surface area contributed by atoms with E-state index in [0.717, 1.165) is 6.42 Å². The SMILES string of the molecule is COc1cc(C(=O)N2CCC(N)C(C)C2)cc(OC)c1OC. The summed E-state index contributed by atoms with van der Waals surface area (Å²) in [5.41, 5.74) is 6.54. The summed E-state index contributed by atoms with van der Waals surface area (Å²) in [4.78, 5) is 14.5. The van der Waals surface area contributed by atoms with Gasteiger partial charge in [-0.1, -0.05) is 6.92 Å². The van der Waals surface area contributed by atoms with Gasteiger partial charge in [0.15, 0.2) is 11.5 Å². The van der Waals surface area contributed by atoms with Crippen molar-refractivity contribution in [2.75, 3.05) is 34.4 Å². The molecule has 2 rings (SSSR count). The third-order valence-electron chi connectivity index (χ3n) is 4.17. The highest BCUT2D eigenvalue weighted by Gasteiger charge is 2.28. The summed E-state index contributed by atoms with van der Waals surface area (Å²) in [7, 11) is 4.61. The van der Waals surface area contributed by atoms with E-state index in [0.29, 0.717) is 41.8 Å². The predicted molar refractivity (Wildman–Crippen MR) is 83.8 cm³/mol. The molecule has 0 spiro atoms. The molecule has 1 aromatic carbocycles. The molecule has 22 heavy (non-hydrogen) atoms. The number of benzene rings is 1. The Kier molecular flexibility index (Phi) is 5.13. The van der Waals surface area contributed by atoms with E-state index in [4.69, 9.17) is 19.9 Å². The first-order valence-corrected chi connectivity index (χ1v) is 7.36. The van der Waals surface area contributed by atoms with Crippen LogP contribution in [0.25, 0.3) is 0 Å². The first-order chi connectivity index (χ1) is 10.5. The predicted octanol–water partition coefficient (Wildman–Crippen LogP) is 1.52. The maximum atomic E-state index is 12.7. The second kappa shape index (κ2) is 6.87. The van der Waals surface area contributed by atoms with Crippen LogP contribution < -0.4 is 19.9 Å². The maximum absolute atomic E-state index is 12.7. The van der Waals surface area contributed by atoms with Crippen molar-refractivity contribution in [3.63, 3.8) is 0 Å². The van der Waals surface area contributed by atoms with Gasteiger partial charge in [0, 0.05) is 24.7 Å². The lowest BCUT2D eigenvalue weighted by molar-refractivity contribution is 0.0663. The van der Waals surface area contributed by atoms with Crippen molar-refractivity contribution in [3.8, 4) is 17.2 Å². The average molecular weight is 308 g/mol. The Morgan fingerprint density at radius 2 is 1.77 bits per heavy atom. The van der Waals surface area contributed by atoms with Crippen molar-refractivity contribution < 1.29 is 19.0 Å². The zero-order valence-corrected chi connectivity index (χ0v) is 13.6. The molecule has 1 aromatic rings. The molecule has 1 aliphatic rings. The Balaban J connectivity index is 2.30. The van der Waals surface area contributed by atoms with Gasteiger partial charge >= 0.3 is 0 Å². The van der Waals surface area contributed by atoms with Gasteiger partial charge in [-0.25, -0.2) is 0 Å². The van der Waals surface area contributed by atoms with Crippen molar-refractivity contribution >= 4 is 5.91 Å². The quantitative estimate of drug-likeness (QED) is 0.913. The van der Waals surface area contributed by atoms with Gasteiger partial charge in [-0.05, 0) is 24.5 Å². The monoisotopic (exact) mass is 308 g/mol. The topological polar surface area (TPSA) is 74.0 Å². The molecule has 2 N–H and O–H groups in total. The molecule has 6 nitrogen and oxygen atoms in total. The number of nitrogens with zero attached hydrogens (tertiary/aromatic N) is 1. The number of nitrogens with two attached hydrogens (primary N) is 1. The molecule has 2 atom stereocenters. The van der Waals surface area contributed by atoms with Crippen molar-refractivity contribution in [2.24, 2.45) is 11.7 Å². The summed E-state index contributed by atoms with van der Waals surface area (Å²) in [5, 5.41) is 0. The van der Waals surface area contributed by atoms with Gasteiger partial charge in [-0.2, -0.15) is 0 Å². The van der Waals surface area contributed by atoms with Crippen LogP contribution in [0.15, 0.2) is 12.1 Å². The van der Waals surface area contributed by atoms with Crippen molar-refractivity contribution in [3.05, 3.63) is 17.7 Å². The van der Waals surface area contributed by atoms with Crippen LogP contribution in [0.1, 0.15) is 23.7 Å². The molecule has 0 aromatic heterocycles. The Morgan fingerprint density at radius 3 is 2.23 bits per heavy atom. The van der Waals surface area contributed by atoms with Crippen molar-refractivity contribution in [1.82, 2.24) is 4.90 Å². The fourth-order valence-corrected chi connectivity index (χ4v) is 2.74. The fourth-order valence-electron chi connectivity index (χ4n) is 2.74. The van der Waals surface area contributed by atoms with Crippen LogP contribution >= 0.6 is 0 Å². The van der Waals surface area contributed by atoms with Crippen LogP contribution in [-0.4, -0.2) is 51.3 Å². The van der Waals surface area contributed by atoms with Crippen LogP contribution in [0.2, 0.25) is 0 Å². The summed E-state index contributed by atoms with van der Waals surface area (Å²) >= 11 is 0. The zero-order valence-electron chi connectivity index (χ0n) is 13.6. The second-order valence-electron chi connectivity index (χ2n) is 5.59. The van der Waals surface area contributed by atoms with Crippen LogP contribution in [0.4, 0.5) is 0 Å².